The van der Waals surface area contributed by atoms with E-state index in [0.29, 0.717) is 5.75 Å². The van der Waals surface area contributed by atoms with Crippen LogP contribution in [-0.2, 0) is 20.1 Å². The Hall–Kier alpha value is -1.24. The summed E-state index contributed by atoms with van der Waals surface area (Å²) in [4.78, 5) is 23.6. The van der Waals surface area contributed by atoms with Crippen LogP contribution in [0.3, 0.4) is 0 Å². The molecular formula is C18H25ClN2O3S. The van der Waals surface area contributed by atoms with Crippen molar-refractivity contribution in [2.75, 3.05) is 31.3 Å². The molecule has 25 heavy (non-hydrogen) atoms. The first kappa shape index (κ1) is 20.1. The van der Waals surface area contributed by atoms with Crippen LogP contribution >= 0.6 is 24.2 Å². The summed E-state index contributed by atoms with van der Waals surface area (Å²) in [5.74, 6) is 1.16. The van der Waals surface area contributed by atoms with Gasteiger partial charge < -0.3 is 15.4 Å². The normalized spacial score (nSPS) is 20.4. The van der Waals surface area contributed by atoms with Gasteiger partial charge in [0, 0.05) is 17.4 Å². The van der Waals surface area contributed by atoms with Gasteiger partial charge in [0.1, 0.15) is 0 Å². The topological polar surface area (TPSA) is 67.4 Å². The van der Waals surface area contributed by atoms with Crippen molar-refractivity contribution in [1.82, 2.24) is 5.32 Å². The van der Waals surface area contributed by atoms with Crippen molar-refractivity contribution >= 4 is 41.7 Å². The van der Waals surface area contributed by atoms with E-state index in [9.17, 15) is 9.59 Å². The van der Waals surface area contributed by atoms with E-state index < -0.39 is 0 Å². The number of hydrogen-bond donors (Lipinski definition) is 2. The number of ether oxygens (including phenoxy) is 1. The smallest absolute Gasteiger partial charge is 0.315 e. The molecule has 1 aromatic carbocycles. The van der Waals surface area contributed by atoms with Crippen molar-refractivity contribution in [3.8, 4) is 0 Å². The number of rotatable bonds is 6. The Morgan fingerprint density at radius 1 is 1.36 bits per heavy atom. The molecule has 1 heterocycles. The maximum Gasteiger partial charge on any atom is 0.315 e. The molecule has 0 aromatic heterocycles. The van der Waals surface area contributed by atoms with Crippen molar-refractivity contribution in [2.24, 2.45) is 11.3 Å². The van der Waals surface area contributed by atoms with E-state index >= 15 is 0 Å². The monoisotopic (exact) mass is 384 g/mol. The summed E-state index contributed by atoms with van der Waals surface area (Å²) in [6.45, 7) is 2.05. The van der Waals surface area contributed by atoms with Gasteiger partial charge in [0.05, 0.1) is 12.9 Å². The SMILES string of the molecule is COC(=O)CSCc1cccc(NC(=O)C2CC23CCNCC3)c1.Cl. The van der Waals surface area contributed by atoms with Crippen LogP contribution < -0.4 is 10.6 Å². The number of hydrogen-bond acceptors (Lipinski definition) is 5. The van der Waals surface area contributed by atoms with E-state index in [1.54, 1.807) is 0 Å². The predicted octanol–water partition coefficient (Wildman–Crippen LogP) is 2.84. The lowest BCUT2D eigenvalue weighted by atomic mass is 9.92. The summed E-state index contributed by atoms with van der Waals surface area (Å²) >= 11 is 1.51. The lowest BCUT2D eigenvalue weighted by Crippen LogP contribution is -2.31. The van der Waals surface area contributed by atoms with Crippen LogP contribution in [-0.4, -0.2) is 37.8 Å². The number of piperidine rings is 1. The number of amides is 1. The van der Waals surface area contributed by atoms with Gasteiger partial charge >= 0.3 is 5.97 Å². The van der Waals surface area contributed by atoms with Crippen molar-refractivity contribution < 1.29 is 14.3 Å². The molecule has 1 aromatic rings. The third-order valence-electron chi connectivity index (χ3n) is 5.02. The molecule has 7 heteroatoms. The van der Waals surface area contributed by atoms with Gasteiger partial charge in [-0.25, -0.2) is 0 Å². The van der Waals surface area contributed by atoms with E-state index in [1.165, 1.54) is 18.9 Å². The molecule has 2 N–H and O–H groups in total. The zero-order chi connectivity index (χ0) is 17.0. The highest BCUT2D eigenvalue weighted by atomic mass is 35.5. The Kier molecular flexibility index (Phi) is 7.16. The summed E-state index contributed by atoms with van der Waals surface area (Å²) in [7, 11) is 1.39. The number of anilines is 1. The lowest BCUT2D eigenvalue weighted by Gasteiger charge is -2.23. The van der Waals surface area contributed by atoms with Gasteiger partial charge in [-0.15, -0.1) is 24.2 Å². The highest BCUT2D eigenvalue weighted by molar-refractivity contribution is 7.99. The third-order valence-corrected chi connectivity index (χ3v) is 5.99. The highest BCUT2D eigenvalue weighted by Gasteiger charge is 2.57. The van der Waals surface area contributed by atoms with Crippen LogP contribution in [0.15, 0.2) is 24.3 Å². The zero-order valence-electron chi connectivity index (χ0n) is 14.4. The quantitative estimate of drug-likeness (QED) is 0.738. The molecule has 3 rings (SSSR count). The molecule has 5 nitrogen and oxygen atoms in total. The summed E-state index contributed by atoms with van der Waals surface area (Å²) in [6.07, 6.45) is 3.24. The minimum Gasteiger partial charge on any atom is -0.468 e. The standard InChI is InChI=1S/C18H24N2O3S.ClH/c1-23-16(21)12-24-11-13-3-2-4-14(9-13)20-17(22)15-10-18(15)5-7-19-8-6-18;/h2-4,9,15,19H,5-8,10-12H2,1H3,(H,20,22);1H. The number of thioether (sulfide) groups is 1. The number of nitrogens with one attached hydrogen (secondary N) is 2. The third kappa shape index (κ3) is 5.12. The second kappa shape index (κ2) is 8.92. The molecule has 1 aliphatic heterocycles. The molecule has 1 spiro atoms. The van der Waals surface area contributed by atoms with Gasteiger partial charge in [-0.3, -0.25) is 9.59 Å². The van der Waals surface area contributed by atoms with Gasteiger partial charge in [-0.05, 0) is 55.5 Å². The summed E-state index contributed by atoms with van der Waals surface area (Å²) < 4.78 is 4.63. The Bertz CT molecular complexity index is 620. The van der Waals surface area contributed by atoms with E-state index in [4.69, 9.17) is 0 Å². The predicted molar refractivity (Wildman–Crippen MR) is 103 cm³/mol. The highest BCUT2D eigenvalue weighted by Crippen LogP contribution is 2.58. The number of halogens is 1. The fourth-order valence-corrected chi connectivity index (χ4v) is 4.28. The number of carbonyl (C=O) groups excluding carboxylic acids is 2. The van der Waals surface area contributed by atoms with E-state index in [-0.39, 0.29) is 35.6 Å². The Morgan fingerprint density at radius 3 is 2.84 bits per heavy atom. The first-order chi connectivity index (χ1) is 11.6. The molecule has 1 aliphatic carbocycles. The molecule has 1 atom stereocenters. The number of benzene rings is 1. The van der Waals surface area contributed by atoms with Crippen LogP contribution in [0.1, 0.15) is 24.8 Å². The summed E-state index contributed by atoms with van der Waals surface area (Å²) in [5, 5.41) is 6.43. The molecule has 138 valence electrons. The second-order valence-corrected chi connectivity index (χ2v) is 7.61. The van der Waals surface area contributed by atoms with E-state index in [1.807, 2.05) is 24.3 Å². The maximum atomic E-state index is 12.5. The van der Waals surface area contributed by atoms with Crippen LogP contribution in [0.2, 0.25) is 0 Å². The average Bonchev–Trinajstić information content (AvgIpc) is 3.29. The largest absolute Gasteiger partial charge is 0.468 e. The van der Waals surface area contributed by atoms with Crippen LogP contribution in [0.25, 0.3) is 0 Å². The Morgan fingerprint density at radius 2 is 2.12 bits per heavy atom. The van der Waals surface area contributed by atoms with E-state index in [0.717, 1.165) is 49.4 Å². The van der Waals surface area contributed by atoms with Gasteiger partial charge in [0.15, 0.2) is 0 Å². The van der Waals surface area contributed by atoms with Crippen molar-refractivity contribution in [2.45, 2.75) is 25.0 Å². The molecular weight excluding hydrogens is 360 g/mol. The second-order valence-electron chi connectivity index (χ2n) is 6.63. The number of carbonyl (C=O) groups is 2. The lowest BCUT2D eigenvalue weighted by molar-refractivity contribution is -0.137. The van der Waals surface area contributed by atoms with Crippen molar-refractivity contribution in [3.63, 3.8) is 0 Å². The van der Waals surface area contributed by atoms with Gasteiger partial charge in [-0.2, -0.15) is 0 Å². The van der Waals surface area contributed by atoms with Crippen LogP contribution in [0.4, 0.5) is 5.69 Å². The average molecular weight is 385 g/mol. The van der Waals surface area contributed by atoms with Crippen LogP contribution in [0.5, 0.6) is 0 Å². The summed E-state index contributed by atoms with van der Waals surface area (Å²) in [6, 6.07) is 7.85. The maximum absolute atomic E-state index is 12.5. The van der Waals surface area contributed by atoms with Gasteiger partial charge in [0.25, 0.3) is 0 Å². The Labute approximate surface area is 159 Å². The molecule has 0 radical (unpaired) electrons. The minimum atomic E-state index is -0.217. The van der Waals surface area contributed by atoms with Crippen molar-refractivity contribution in [3.05, 3.63) is 29.8 Å². The summed E-state index contributed by atoms with van der Waals surface area (Å²) in [5.41, 5.74) is 2.18. The minimum absolute atomic E-state index is 0. The zero-order valence-corrected chi connectivity index (χ0v) is 16.0. The molecule has 1 amide bonds. The molecule has 1 saturated carbocycles. The molecule has 0 bridgehead atoms. The number of methoxy groups -OCH3 is 1. The first-order valence-corrected chi connectivity index (χ1v) is 9.53. The number of esters is 1. The fourth-order valence-electron chi connectivity index (χ4n) is 3.48. The van der Waals surface area contributed by atoms with Crippen LogP contribution in [0, 0.1) is 11.3 Å². The first-order valence-electron chi connectivity index (χ1n) is 8.38. The van der Waals surface area contributed by atoms with E-state index in [2.05, 4.69) is 15.4 Å². The van der Waals surface area contributed by atoms with Gasteiger partial charge in [0.2, 0.25) is 5.91 Å². The Balaban J connectivity index is 0.00000225. The molecule has 1 unspecified atom stereocenters. The molecule has 2 aliphatic rings. The molecule has 1 saturated heterocycles. The molecule has 2 fully saturated rings. The fraction of sp³-hybridized carbons (Fsp3) is 0.556. The van der Waals surface area contributed by atoms with Crippen molar-refractivity contribution in [1.29, 1.82) is 0 Å². The van der Waals surface area contributed by atoms with Gasteiger partial charge in [-0.1, -0.05) is 12.1 Å².